The number of nitrogens with one attached hydrogen (secondary N) is 4. The van der Waals surface area contributed by atoms with Crippen molar-refractivity contribution < 1.29 is 32.4 Å². The SMILES string of the molecule is C=CCNC(=O)C(=O)[C@H](CCC1CC1)NC(=O)[C@@H]1[C@@H]2[C@H](CN1C(=O)[C@@H](NC(=O)NC1(CS(=O)(=O)C(C)(C)C)CCCCC1)C1(C)CCCCC1)C2(C)C. The molecule has 4 saturated carbocycles. The Kier molecular flexibility index (Phi) is 12.2. The van der Waals surface area contributed by atoms with Crippen LogP contribution < -0.4 is 21.3 Å². The van der Waals surface area contributed by atoms with Crippen LogP contribution >= 0.6 is 0 Å². The van der Waals surface area contributed by atoms with Crippen molar-refractivity contribution in [1.82, 2.24) is 26.2 Å². The molecule has 5 rings (SSSR count). The van der Waals surface area contributed by atoms with Gasteiger partial charge in [-0.3, -0.25) is 19.2 Å². The summed E-state index contributed by atoms with van der Waals surface area (Å²) in [5, 5.41) is 11.6. The van der Waals surface area contributed by atoms with Crippen molar-refractivity contribution in [3.63, 3.8) is 0 Å². The summed E-state index contributed by atoms with van der Waals surface area (Å²) in [6.45, 7) is 15.3. The van der Waals surface area contributed by atoms with E-state index in [-0.39, 0.29) is 35.5 Å². The Morgan fingerprint density at radius 1 is 0.906 bits per heavy atom. The Morgan fingerprint density at radius 2 is 1.51 bits per heavy atom. The lowest BCUT2D eigenvalue weighted by Gasteiger charge is -2.44. The maximum atomic E-state index is 14.9. The summed E-state index contributed by atoms with van der Waals surface area (Å²) >= 11 is 0. The average molecular weight is 760 g/mol. The summed E-state index contributed by atoms with van der Waals surface area (Å²) in [7, 11) is -3.57. The number of urea groups is 1. The van der Waals surface area contributed by atoms with Gasteiger partial charge >= 0.3 is 6.03 Å². The molecule has 5 fully saturated rings. The Balaban J connectivity index is 1.39. The number of carbonyl (C=O) groups excluding carboxylic acids is 5. The van der Waals surface area contributed by atoms with Crippen LogP contribution in [0.4, 0.5) is 4.79 Å². The van der Waals surface area contributed by atoms with Gasteiger partial charge in [0, 0.05) is 13.1 Å². The lowest BCUT2D eigenvalue weighted by molar-refractivity contribution is -0.146. The number of sulfone groups is 1. The topological polar surface area (TPSA) is 171 Å². The molecular formula is C40H65N5O7S. The highest BCUT2D eigenvalue weighted by molar-refractivity contribution is 7.92. The maximum absolute atomic E-state index is 14.9. The van der Waals surface area contributed by atoms with Gasteiger partial charge in [0.1, 0.15) is 12.1 Å². The summed E-state index contributed by atoms with van der Waals surface area (Å²) in [6, 6.07) is -3.40. The molecule has 1 saturated heterocycles. The molecule has 0 unspecified atom stereocenters. The van der Waals surface area contributed by atoms with E-state index >= 15 is 0 Å². The van der Waals surface area contributed by atoms with Gasteiger partial charge in [-0.2, -0.15) is 0 Å². The number of fused-ring (bicyclic) bond motifs is 1. The molecule has 0 aromatic rings. The zero-order chi connectivity index (χ0) is 39.0. The van der Waals surface area contributed by atoms with Crippen molar-refractivity contribution in [1.29, 1.82) is 0 Å². The van der Waals surface area contributed by atoms with Gasteiger partial charge in [0.25, 0.3) is 5.91 Å². The van der Waals surface area contributed by atoms with E-state index in [1.165, 1.54) is 6.08 Å². The zero-order valence-corrected chi connectivity index (χ0v) is 33.8. The van der Waals surface area contributed by atoms with E-state index in [2.05, 4.69) is 41.7 Å². The molecule has 5 aliphatic rings. The second-order valence-electron chi connectivity index (χ2n) is 18.8. The van der Waals surface area contributed by atoms with Gasteiger partial charge in [-0.25, -0.2) is 13.2 Å². The summed E-state index contributed by atoms with van der Waals surface area (Å²) < 4.78 is 25.9. The maximum Gasteiger partial charge on any atom is 0.315 e. The highest BCUT2D eigenvalue weighted by Crippen LogP contribution is 2.65. The van der Waals surface area contributed by atoms with Crippen LogP contribution in [0.2, 0.25) is 0 Å². The van der Waals surface area contributed by atoms with Crippen molar-refractivity contribution in [2.24, 2.45) is 28.6 Å². The van der Waals surface area contributed by atoms with Gasteiger partial charge < -0.3 is 26.2 Å². The van der Waals surface area contributed by atoms with E-state index in [9.17, 15) is 32.4 Å². The molecule has 0 aromatic carbocycles. The summed E-state index contributed by atoms with van der Waals surface area (Å²) in [5.74, 6) is -2.04. The molecule has 5 amide bonds. The Hall–Kier alpha value is -2.96. The van der Waals surface area contributed by atoms with E-state index in [4.69, 9.17) is 0 Å². The Morgan fingerprint density at radius 3 is 2.08 bits per heavy atom. The quantitative estimate of drug-likeness (QED) is 0.140. The highest BCUT2D eigenvalue weighted by atomic mass is 32.2. The number of rotatable bonds is 15. The number of hydrogen-bond acceptors (Lipinski definition) is 7. The standard InChI is InChI=1S/C40H65N5O7S/c1-8-23-41-34(48)31(46)28(18-17-26-15-16-26)42-33(47)30-29-27(38(29,5)6)24-45(30)35(49)32(39(7)19-11-9-12-20-39)43-36(50)44-40(21-13-10-14-22-40)25-53(51,52)37(2,3)4/h8,26-30,32H,1,9-25H2,2-7H3,(H,41,48)(H,42,47)(H2,43,44,50)/t27-,28-,29-,30-,32+/m0/s1. The van der Waals surface area contributed by atoms with Crippen LogP contribution in [0, 0.1) is 28.6 Å². The van der Waals surface area contributed by atoms with Crippen LogP contribution in [-0.2, 0) is 29.0 Å². The van der Waals surface area contributed by atoms with Crippen molar-refractivity contribution in [3.8, 4) is 0 Å². The van der Waals surface area contributed by atoms with Crippen LogP contribution in [0.3, 0.4) is 0 Å². The molecule has 4 N–H and O–H groups in total. The van der Waals surface area contributed by atoms with E-state index in [0.717, 1.165) is 51.4 Å². The van der Waals surface area contributed by atoms with Crippen LogP contribution in [0.5, 0.6) is 0 Å². The Bertz CT molecular complexity index is 1540. The fourth-order valence-corrected chi connectivity index (χ4v) is 10.9. The van der Waals surface area contributed by atoms with Gasteiger partial charge in [0.2, 0.25) is 17.6 Å². The van der Waals surface area contributed by atoms with E-state index in [1.54, 1.807) is 25.7 Å². The van der Waals surface area contributed by atoms with Gasteiger partial charge in [-0.1, -0.05) is 78.2 Å². The molecule has 5 atom stereocenters. The van der Waals surface area contributed by atoms with Crippen molar-refractivity contribution in [2.75, 3.05) is 18.8 Å². The largest absolute Gasteiger partial charge is 0.346 e. The first-order chi connectivity index (χ1) is 24.8. The third-order valence-electron chi connectivity index (χ3n) is 13.4. The number of hydrogen-bond donors (Lipinski definition) is 4. The third kappa shape index (κ3) is 9.13. The van der Waals surface area contributed by atoms with Gasteiger partial charge in [-0.15, -0.1) is 6.58 Å². The third-order valence-corrected chi connectivity index (χ3v) is 16.2. The molecule has 53 heavy (non-hydrogen) atoms. The van der Waals surface area contributed by atoms with Crippen LogP contribution in [0.1, 0.15) is 131 Å². The lowest BCUT2D eigenvalue weighted by atomic mass is 9.70. The predicted molar refractivity (Wildman–Crippen MR) is 204 cm³/mol. The van der Waals surface area contributed by atoms with E-state index < -0.39 is 67.3 Å². The van der Waals surface area contributed by atoms with Crippen LogP contribution in [-0.4, -0.2) is 90.1 Å². The molecule has 4 aliphatic carbocycles. The zero-order valence-electron chi connectivity index (χ0n) is 33.0. The summed E-state index contributed by atoms with van der Waals surface area (Å²) in [4.78, 5) is 71.1. The minimum Gasteiger partial charge on any atom is -0.346 e. The number of nitrogens with zero attached hydrogens (tertiary/aromatic N) is 1. The minimum absolute atomic E-state index is 0.0699. The van der Waals surface area contributed by atoms with Crippen LogP contribution in [0.15, 0.2) is 12.7 Å². The fraction of sp³-hybridized carbons (Fsp3) is 0.825. The number of piperidine rings is 1. The summed E-state index contributed by atoms with van der Waals surface area (Å²) in [6.07, 6.45) is 12.5. The van der Waals surface area contributed by atoms with Gasteiger partial charge in [0.05, 0.1) is 22.1 Å². The molecule has 1 aliphatic heterocycles. The Labute approximate surface area is 317 Å². The second kappa shape index (κ2) is 15.6. The van der Waals surface area contributed by atoms with Crippen molar-refractivity contribution in [2.45, 2.75) is 160 Å². The fourth-order valence-electron chi connectivity index (χ4n) is 9.43. The number of ketones is 1. The monoisotopic (exact) mass is 759 g/mol. The molecular weight excluding hydrogens is 695 g/mol. The number of likely N-dealkylation sites (tertiary alicyclic amines) is 1. The molecule has 0 aromatic heterocycles. The normalized spacial score (nSPS) is 27.0. The lowest BCUT2D eigenvalue weighted by Crippen LogP contribution is -2.65. The van der Waals surface area contributed by atoms with Crippen molar-refractivity contribution in [3.05, 3.63) is 12.7 Å². The highest BCUT2D eigenvalue weighted by Gasteiger charge is 2.70. The molecule has 0 radical (unpaired) electrons. The number of Topliss-reactive ketones (excluding diaryl/α,β-unsaturated/α-hetero) is 1. The molecule has 0 spiro atoms. The van der Waals surface area contributed by atoms with Crippen molar-refractivity contribution >= 4 is 39.4 Å². The predicted octanol–water partition coefficient (Wildman–Crippen LogP) is 4.57. The first-order valence-electron chi connectivity index (χ1n) is 20.1. The average Bonchev–Trinajstić information content (AvgIpc) is 3.95. The smallest absolute Gasteiger partial charge is 0.315 e. The number of amides is 5. The molecule has 298 valence electrons. The molecule has 13 heteroatoms. The van der Waals surface area contributed by atoms with Gasteiger partial charge in [-0.05, 0) is 87.9 Å². The molecule has 0 bridgehead atoms. The van der Waals surface area contributed by atoms with Crippen LogP contribution in [0.25, 0.3) is 0 Å². The first-order valence-corrected chi connectivity index (χ1v) is 21.8. The van der Waals surface area contributed by atoms with Gasteiger partial charge in [0.15, 0.2) is 9.84 Å². The molecule has 1 heterocycles. The van der Waals surface area contributed by atoms with E-state index in [0.29, 0.717) is 51.0 Å². The second-order valence-corrected chi connectivity index (χ2v) is 21.5. The first kappa shape index (κ1) is 41.2. The minimum atomic E-state index is -3.57. The molecule has 12 nitrogen and oxygen atoms in total. The van der Waals surface area contributed by atoms with E-state index in [1.807, 2.05) is 6.92 Å². The number of carbonyl (C=O) groups is 5. The summed E-state index contributed by atoms with van der Waals surface area (Å²) in [5.41, 5.74) is -1.73.